The van der Waals surface area contributed by atoms with Crippen LogP contribution >= 0.6 is 15.6 Å². The summed E-state index contributed by atoms with van der Waals surface area (Å²) in [5.41, 5.74) is 0. The van der Waals surface area contributed by atoms with E-state index in [1.165, 1.54) is 250 Å². The first kappa shape index (κ1) is 99.1. The average Bonchev–Trinajstić information content (AvgIpc) is 2.74. The van der Waals surface area contributed by atoms with E-state index in [0.717, 1.165) is 102 Å². The zero-order valence-electron chi connectivity index (χ0n) is 66.2. The molecule has 0 heterocycles. The van der Waals surface area contributed by atoms with Crippen LogP contribution in [0.3, 0.4) is 0 Å². The highest BCUT2D eigenvalue weighted by Gasteiger charge is 2.30. The topological polar surface area (TPSA) is 237 Å². The first-order valence-electron chi connectivity index (χ1n) is 42.5. The number of aliphatic hydroxyl groups is 1. The number of hydrogen-bond acceptors (Lipinski definition) is 15. The van der Waals surface area contributed by atoms with Crippen molar-refractivity contribution in [1.82, 2.24) is 0 Å². The number of esters is 4. The van der Waals surface area contributed by atoms with Crippen molar-refractivity contribution < 1.29 is 80.2 Å². The lowest BCUT2D eigenvalue weighted by Gasteiger charge is -2.21. The maximum atomic E-state index is 13.1. The highest BCUT2D eigenvalue weighted by Crippen LogP contribution is 2.45. The van der Waals surface area contributed by atoms with Crippen molar-refractivity contribution in [1.29, 1.82) is 0 Å². The summed E-state index contributed by atoms with van der Waals surface area (Å²) in [6, 6.07) is 0. The van der Waals surface area contributed by atoms with Crippen LogP contribution in [0.5, 0.6) is 0 Å². The van der Waals surface area contributed by atoms with Crippen LogP contribution in [-0.4, -0.2) is 96.7 Å². The minimum Gasteiger partial charge on any atom is -0.462 e. The molecule has 0 aliphatic heterocycles. The molecule has 17 nitrogen and oxygen atoms in total. The summed E-state index contributed by atoms with van der Waals surface area (Å²) in [6.45, 7) is 9.61. The Kier molecular flexibility index (Phi) is 72.2. The molecule has 0 radical (unpaired) electrons. The number of ether oxygens (including phenoxy) is 4. The fraction of sp³-hybridized carbons (Fsp3) is 0.951. The van der Waals surface area contributed by atoms with Gasteiger partial charge in [-0.3, -0.25) is 37.3 Å². The molecule has 0 aromatic carbocycles. The maximum Gasteiger partial charge on any atom is 0.472 e. The second-order valence-electron chi connectivity index (χ2n) is 30.2. The molecule has 3 unspecified atom stereocenters. The number of carbonyl (C=O) groups excluding carboxylic acids is 4. The molecule has 0 aromatic rings. The van der Waals surface area contributed by atoms with Crippen LogP contribution in [0.15, 0.2) is 0 Å². The Hall–Kier alpha value is -1.94. The summed E-state index contributed by atoms with van der Waals surface area (Å²) in [4.78, 5) is 72.9. The number of aliphatic hydroxyl groups excluding tert-OH is 1. The molecular weight excluding hydrogens is 1320 g/mol. The van der Waals surface area contributed by atoms with Gasteiger partial charge in [0.05, 0.1) is 26.4 Å². The van der Waals surface area contributed by atoms with Gasteiger partial charge in [-0.2, -0.15) is 0 Å². The molecule has 0 aliphatic rings. The molecule has 0 aliphatic carbocycles. The second-order valence-corrected chi connectivity index (χ2v) is 33.1. The lowest BCUT2D eigenvalue weighted by Crippen LogP contribution is -2.30. The SMILES string of the molecule is CCCCCCCCCCCCCCCCCCCCCCC(=O)OC[C@H](COP(=O)(O)OC[C@@H](O)COP(=O)(O)OC[C@@H](COC(=O)CCCCCCCCCCCC)OC(=O)CCCCCCCCC(C)CC)OC(=O)CCCCCCCCCCCCCCCCCCCCC(C)C. The third-order valence-corrected chi connectivity index (χ3v) is 21.5. The van der Waals surface area contributed by atoms with E-state index in [1.807, 2.05) is 0 Å². The molecule has 0 saturated carbocycles. The first-order valence-corrected chi connectivity index (χ1v) is 45.5. The molecule has 6 atom stereocenters. The van der Waals surface area contributed by atoms with Crippen molar-refractivity contribution >= 4 is 39.5 Å². The van der Waals surface area contributed by atoms with E-state index in [9.17, 15) is 43.2 Å². The van der Waals surface area contributed by atoms with Gasteiger partial charge in [0, 0.05) is 25.7 Å². The maximum absolute atomic E-state index is 13.1. The smallest absolute Gasteiger partial charge is 0.462 e. The molecule has 0 amide bonds. The fourth-order valence-electron chi connectivity index (χ4n) is 12.7. The Bertz CT molecular complexity index is 1940. The molecule has 0 aromatic heterocycles. The third kappa shape index (κ3) is 74.7. The summed E-state index contributed by atoms with van der Waals surface area (Å²) in [7, 11) is -9.92. The quantitative estimate of drug-likeness (QED) is 0.0222. The standard InChI is InChI=1S/C82H160O17P2/c1-7-10-12-14-16-18-20-21-22-23-24-25-29-32-35-38-42-46-53-59-65-80(85)92-70-77(98-81(86)66-60-54-47-43-39-36-33-30-27-26-28-31-34-37-40-44-50-56-62-74(4)5)72-96-100(88,89)94-68-76(83)69-95-101(90,91)97-73-78(99-82(87)67-61-55-49-48-51-57-63-75(6)9-3)71-93-79(84)64-58-52-45-41-19-17-15-13-11-8-2/h74-78,83H,7-73H2,1-6H3,(H,88,89)(H,90,91)/t75?,76-,77-,78-/m1/s1. The van der Waals surface area contributed by atoms with Gasteiger partial charge < -0.3 is 33.8 Å². The lowest BCUT2D eigenvalue weighted by molar-refractivity contribution is -0.161. The highest BCUT2D eigenvalue weighted by atomic mass is 31.2. The Morgan fingerprint density at radius 1 is 0.287 bits per heavy atom. The minimum absolute atomic E-state index is 0.103. The molecule has 0 bridgehead atoms. The Balaban J connectivity index is 5.18. The van der Waals surface area contributed by atoms with Crippen molar-refractivity contribution in [3.05, 3.63) is 0 Å². The van der Waals surface area contributed by atoms with E-state index < -0.39 is 97.5 Å². The molecule has 19 heteroatoms. The van der Waals surface area contributed by atoms with Crippen molar-refractivity contribution in [2.75, 3.05) is 39.6 Å². The van der Waals surface area contributed by atoms with Gasteiger partial charge in [-0.15, -0.1) is 0 Å². The number of hydrogen-bond donors (Lipinski definition) is 3. The summed E-state index contributed by atoms with van der Waals surface area (Å²) in [6.07, 6.45) is 64.1. The van der Waals surface area contributed by atoms with Gasteiger partial charge in [0.25, 0.3) is 0 Å². The van der Waals surface area contributed by atoms with Gasteiger partial charge in [-0.05, 0) is 37.5 Å². The lowest BCUT2D eigenvalue weighted by atomic mass is 10.00. The van der Waals surface area contributed by atoms with Gasteiger partial charge in [-0.1, -0.05) is 382 Å². The molecular formula is C82H160O17P2. The second kappa shape index (κ2) is 73.6. The number of phosphoric acid groups is 2. The van der Waals surface area contributed by atoms with Crippen LogP contribution < -0.4 is 0 Å². The van der Waals surface area contributed by atoms with Crippen molar-refractivity contribution in [2.45, 2.75) is 452 Å². The molecule has 600 valence electrons. The Morgan fingerprint density at radius 3 is 0.752 bits per heavy atom. The van der Waals surface area contributed by atoms with Crippen LogP contribution in [-0.2, 0) is 65.4 Å². The van der Waals surface area contributed by atoms with Crippen LogP contribution in [0.2, 0.25) is 0 Å². The number of unbranched alkanes of at least 4 members (excludes halogenated alkanes) is 50. The van der Waals surface area contributed by atoms with Gasteiger partial charge >= 0.3 is 39.5 Å². The highest BCUT2D eigenvalue weighted by molar-refractivity contribution is 7.47. The Labute approximate surface area is 619 Å². The molecule has 101 heavy (non-hydrogen) atoms. The van der Waals surface area contributed by atoms with Crippen molar-refractivity contribution in [3.63, 3.8) is 0 Å². The summed E-state index contributed by atoms with van der Waals surface area (Å²) in [5.74, 6) is -0.572. The number of rotatable bonds is 81. The van der Waals surface area contributed by atoms with Gasteiger partial charge in [-0.25, -0.2) is 9.13 Å². The molecule has 0 rings (SSSR count). The summed E-state index contributed by atoms with van der Waals surface area (Å²) >= 11 is 0. The van der Waals surface area contributed by atoms with Crippen LogP contribution in [0.1, 0.15) is 433 Å². The molecule has 0 saturated heterocycles. The van der Waals surface area contributed by atoms with Crippen LogP contribution in [0.25, 0.3) is 0 Å². The van der Waals surface area contributed by atoms with E-state index in [-0.39, 0.29) is 25.7 Å². The number of phosphoric ester groups is 2. The molecule has 0 fully saturated rings. The average molecular weight is 1480 g/mol. The first-order chi connectivity index (χ1) is 48.9. The largest absolute Gasteiger partial charge is 0.472 e. The van der Waals surface area contributed by atoms with Crippen LogP contribution in [0.4, 0.5) is 0 Å². The molecule has 0 spiro atoms. The zero-order chi connectivity index (χ0) is 74.2. The predicted octanol–water partition coefficient (Wildman–Crippen LogP) is 24.7. The van der Waals surface area contributed by atoms with E-state index in [4.69, 9.17) is 37.0 Å². The van der Waals surface area contributed by atoms with Crippen LogP contribution in [0, 0.1) is 11.8 Å². The summed E-state index contributed by atoms with van der Waals surface area (Å²) < 4.78 is 68.7. The van der Waals surface area contributed by atoms with Gasteiger partial charge in [0.15, 0.2) is 12.2 Å². The monoisotopic (exact) mass is 1480 g/mol. The van der Waals surface area contributed by atoms with E-state index in [0.29, 0.717) is 25.7 Å². The third-order valence-electron chi connectivity index (χ3n) is 19.6. The van der Waals surface area contributed by atoms with Gasteiger partial charge in [0.2, 0.25) is 0 Å². The van der Waals surface area contributed by atoms with Crippen molar-refractivity contribution in [2.24, 2.45) is 11.8 Å². The fourth-order valence-corrected chi connectivity index (χ4v) is 14.3. The van der Waals surface area contributed by atoms with Gasteiger partial charge in [0.1, 0.15) is 19.3 Å². The Morgan fingerprint density at radius 2 is 0.505 bits per heavy atom. The minimum atomic E-state index is -4.96. The number of carbonyl (C=O) groups is 4. The van der Waals surface area contributed by atoms with E-state index in [1.54, 1.807) is 0 Å². The summed E-state index contributed by atoms with van der Waals surface area (Å²) in [5, 5.41) is 10.6. The molecule has 3 N–H and O–H groups in total. The van der Waals surface area contributed by atoms with Crippen molar-refractivity contribution in [3.8, 4) is 0 Å². The van der Waals surface area contributed by atoms with E-state index in [2.05, 4.69) is 41.5 Å². The van der Waals surface area contributed by atoms with E-state index >= 15 is 0 Å². The predicted molar refractivity (Wildman–Crippen MR) is 414 cm³/mol. The zero-order valence-corrected chi connectivity index (χ0v) is 68.0. The normalized spacial score (nSPS) is 14.2.